The van der Waals surface area contributed by atoms with Crippen LogP contribution in [-0.4, -0.2) is 18.0 Å². The lowest BCUT2D eigenvalue weighted by atomic mass is 10.2. The molecule has 2 aromatic carbocycles. The minimum absolute atomic E-state index is 0.256. The summed E-state index contributed by atoms with van der Waals surface area (Å²) in [5, 5.41) is 6.12. The Labute approximate surface area is 146 Å². The summed E-state index contributed by atoms with van der Waals surface area (Å²) in [6.07, 6.45) is 1.62. The molecule has 0 fully saturated rings. The quantitative estimate of drug-likeness (QED) is 0.717. The third kappa shape index (κ3) is 4.57. The molecule has 126 valence electrons. The first-order valence-electron chi connectivity index (χ1n) is 7.94. The number of carbonyl (C=O) groups excluding carboxylic acids is 1. The zero-order chi connectivity index (χ0) is 17.5. The Hall–Kier alpha value is -3.34. The Morgan fingerprint density at radius 2 is 1.76 bits per heavy atom. The molecule has 5 heteroatoms. The first-order chi connectivity index (χ1) is 12.2. The maximum Gasteiger partial charge on any atom is 0.274 e. The molecule has 2 N–H and O–H groups in total. The van der Waals surface area contributed by atoms with Crippen LogP contribution in [0.15, 0.2) is 72.9 Å². The van der Waals surface area contributed by atoms with E-state index < -0.39 is 0 Å². The monoisotopic (exact) mass is 333 g/mol. The number of nitrogens with one attached hydrogen (secondary N) is 2. The second-order valence-corrected chi connectivity index (χ2v) is 5.45. The topological polar surface area (TPSA) is 63.2 Å². The molecule has 3 aromatic rings. The van der Waals surface area contributed by atoms with Crippen LogP contribution in [0, 0.1) is 0 Å². The second-order valence-electron chi connectivity index (χ2n) is 5.45. The van der Waals surface area contributed by atoms with E-state index in [1.807, 2.05) is 36.4 Å². The lowest BCUT2D eigenvalue weighted by Gasteiger charge is -2.09. The third-order valence-corrected chi connectivity index (χ3v) is 3.68. The van der Waals surface area contributed by atoms with Gasteiger partial charge in [-0.05, 0) is 42.0 Å². The molecule has 0 aliphatic rings. The molecule has 0 spiro atoms. The van der Waals surface area contributed by atoms with Gasteiger partial charge in [-0.1, -0.05) is 30.3 Å². The van der Waals surface area contributed by atoms with Gasteiger partial charge >= 0.3 is 0 Å². The van der Waals surface area contributed by atoms with E-state index >= 15 is 0 Å². The fourth-order valence-corrected chi connectivity index (χ4v) is 2.33. The fraction of sp³-hybridized carbons (Fsp3) is 0.100. The Morgan fingerprint density at radius 3 is 2.48 bits per heavy atom. The summed E-state index contributed by atoms with van der Waals surface area (Å²) >= 11 is 0. The lowest BCUT2D eigenvalue weighted by molar-refractivity contribution is 0.102. The molecule has 0 aliphatic carbocycles. The van der Waals surface area contributed by atoms with Crippen LogP contribution in [-0.2, 0) is 6.54 Å². The summed E-state index contributed by atoms with van der Waals surface area (Å²) in [5.41, 5.74) is 3.06. The number of pyridine rings is 1. The zero-order valence-electron chi connectivity index (χ0n) is 13.9. The van der Waals surface area contributed by atoms with Crippen LogP contribution < -0.4 is 15.4 Å². The molecule has 0 unspecified atom stereocenters. The van der Waals surface area contributed by atoms with Gasteiger partial charge in [-0.15, -0.1) is 0 Å². The van der Waals surface area contributed by atoms with Crippen molar-refractivity contribution in [2.45, 2.75) is 6.54 Å². The van der Waals surface area contributed by atoms with Crippen LogP contribution >= 0.6 is 0 Å². The highest BCUT2D eigenvalue weighted by Gasteiger charge is 2.08. The number of nitrogens with zero attached hydrogens (tertiary/aromatic N) is 1. The predicted molar refractivity (Wildman–Crippen MR) is 99.0 cm³/mol. The van der Waals surface area contributed by atoms with Crippen molar-refractivity contribution in [1.29, 1.82) is 0 Å². The van der Waals surface area contributed by atoms with E-state index in [1.54, 1.807) is 43.6 Å². The van der Waals surface area contributed by atoms with Crippen LogP contribution in [0.25, 0.3) is 0 Å². The SMILES string of the molecule is COc1ccc(NC(=O)c2cc(NCc3ccccc3)ccn2)cc1. The van der Waals surface area contributed by atoms with Gasteiger partial charge in [-0.3, -0.25) is 9.78 Å². The molecule has 0 radical (unpaired) electrons. The molecule has 1 heterocycles. The Balaban J connectivity index is 1.64. The third-order valence-electron chi connectivity index (χ3n) is 3.68. The van der Waals surface area contributed by atoms with E-state index in [-0.39, 0.29) is 5.91 Å². The number of hydrogen-bond donors (Lipinski definition) is 2. The van der Waals surface area contributed by atoms with E-state index in [2.05, 4.69) is 15.6 Å². The molecule has 0 atom stereocenters. The summed E-state index contributed by atoms with van der Waals surface area (Å²) in [6, 6.07) is 20.8. The average Bonchev–Trinajstić information content (AvgIpc) is 2.68. The van der Waals surface area contributed by atoms with Crippen molar-refractivity contribution in [3.8, 4) is 5.75 Å². The highest BCUT2D eigenvalue weighted by molar-refractivity contribution is 6.03. The molecule has 1 aromatic heterocycles. The first-order valence-corrected chi connectivity index (χ1v) is 7.94. The minimum Gasteiger partial charge on any atom is -0.497 e. The van der Waals surface area contributed by atoms with E-state index in [0.717, 1.165) is 11.4 Å². The van der Waals surface area contributed by atoms with E-state index in [4.69, 9.17) is 4.74 Å². The molecule has 3 rings (SSSR count). The van der Waals surface area contributed by atoms with E-state index in [0.29, 0.717) is 17.9 Å². The van der Waals surface area contributed by atoms with Gasteiger partial charge in [0.05, 0.1) is 7.11 Å². The Bertz CT molecular complexity index is 833. The number of methoxy groups -OCH3 is 1. The van der Waals surface area contributed by atoms with Crippen LogP contribution in [0.1, 0.15) is 16.1 Å². The highest BCUT2D eigenvalue weighted by atomic mass is 16.5. The maximum atomic E-state index is 12.4. The van der Waals surface area contributed by atoms with Crippen molar-refractivity contribution in [2.75, 3.05) is 17.7 Å². The Kier molecular flexibility index (Phi) is 5.26. The summed E-state index contributed by atoms with van der Waals surface area (Å²) < 4.78 is 5.10. The van der Waals surface area contributed by atoms with Gasteiger partial charge in [0.15, 0.2) is 0 Å². The predicted octanol–water partition coefficient (Wildman–Crippen LogP) is 3.95. The van der Waals surface area contributed by atoms with Crippen molar-refractivity contribution in [3.63, 3.8) is 0 Å². The van der Waals surface area contributed by atoms with Crippen molar-refractivity contribution >= 4 is 17.3 Å². The van der Waals surface area contributed by atoms with Crippen LogP contribution in [0.2, 0.25) is 0 Å². The maximum absolute atomic E-state index is 12.4. The van der Waals surface area contributed by atoms with Gasteiger partial charge in [-0.2, -0.15) is 0 Å². The van der Waals surface area contributed by atoms with Gasteiger partial charge in [-0.25, -0.2) is 0 Å². The number of carbonyl (C=O) groups is 1. The number of benzene rings is 2. The molecular weight excluding hydrogens is 314 g/mol. The van der Waals surface area contributed by atoms with Gasteiger partial charge in [0.2, 0.25) is 0 Å². The number of amides is 1. The van der Waals surface area contributed by atoms with Gasteiger partial charge in [0, 0.05) is 24.1 Å². The normalized spacial score (nSPS) is 10.1. The summed E-state index contributed by atoms with van der Waals surface area (Å²) in [4.78, 5) is 16.5. The fourth-order valence-electron chi connectivity index (χ4n) is 2.33. The largest absolute Gasteiger partial charge is 0.497 e. The molecule has 25 heavy (non-hydrogen) atoms. The van der Waals surface area contributed by atoms with Gasteiger partial charge < -0.3 is 15.4 Å². The molecular formula is C20H19N3O2. The van der Waals surface area contributed by atoms with Crippen molar-refractivity contribution in [2.24, 2.45) is 0 Å². The first kappa shape index (κ1) is 16.5. The highest BCUT2D eigenvalue weighted by Crippen LogP contribution is 2.16. The van der Waals surface area contributed by atoms with Gasteiger partial charge in [0.25, 0.3) is 5.91 Å². The minimum atomic E-state index is -0.256. The number of rotatable bonds is 6. The summed E-state index contributed by atoms with van der Waals surface area (Å²) in [7, 11) is 1.60. The van der Waals surface area contributed by atoms with Crippen molar-refractivity contribution in [1.82, 2.24) is 4.98 Å². The van der Waals surface area contributed by atoms with Gasteiger partial charge in [0.1, 0.15) is 11.4 Å². The standard InChI is InChI=1S/C20H19N3O2/c1-25-18-9-7-16(8-10-18)23-20(24)19-13-17(11-12-21-19)22-14-15-5-3-2-4-6-15/h2-13H,14H2,1H3,(H,21,22)(H,23,24). The summed E-state index contributed by atoms with van der Waals surface area (Å²) in [6.45, 7) is 0.685. The molecule has 5 nitrogen and oxygen atoms in total. The van der Waals surface area contributed by atoms with Crippen molar-refractivity contribution < 1.29 is 9.53 Å². The van der Waals surface area contributed by atoms with Crippen LogP contribution in [0.4, 0.5) is 11.4 Å². The average molecular weight is 333 g/mol. The number of hydrogen-bond acceptors (Lipinski definition) is 4. The van der Waals surface area contributed by atoms with E-state index in [1.165, 1.54) is 5.56 Å². The Morgan fingerprint density at radius 1 is 1.00 bits per heavy atom. The molecule has 0 saturated carbocycles. The zero-order valence-corrected chi connectivity index (χ0v) is 13.9. The molecule has 1 amide bonds. The molecule has 0 saturated heterocycles. The number of ether oxygens (including phenoxy) is 1. The lowest BCUT2D eigenvalue weighted by Crippen LogP contribution is -2.14. The smallest absolute Gasteiger partial charge is 0.274 e. The number of aromatic nitrogens is 1. The molecule has 0 aliphatic heterocycles. The van der Waals surface area contributed by atoms with Crippen LogP contribution in [0.5, 0.6) is 5.75 Å². The van der Waals surface area contributed by atoms with Crippen molar-refractivity contribution in [3.05, 3.63) is 84.2 Å². The second kappa shape index (κ2) is 7.97. The molecule has 0 bridgehead atoms. The van der Waals surface area contributed by atoms with Crippen LogP contribution in [0.3, 0.4) is 0 Å². The summed E-state index contributed by atoms with van der Waals surface area (Å²) in [5.74, 6) is 0.483. The number of anilines is 2. The van der Waals surface area contributed by atoms with E-state index in [9.17, 15) is 4.79 Å².